The molecule has 0 bridgehead atoms. The van der Waals surface area contributed by atoms with E-state index in [1.54, 1.807) is 6.07 Å². The van der Waals surface area contributed by atoms with Crippen LogP contribution < -0.4 is 9.47 Å². The first-order valence-corrected chi connectivity index (χ1v) is 9.70. The van der Waals surface area contributed by atoms with Crippen LogP contribution in [0.3, 0.4) is 0 Å². The first-order chi connectivity index (χ1) is 13.1. The highest BCUT2D eigenvalue weighted by molar-refractivity contribution is 5.95. The first kappa shape index (κ1) is 17.8. The fraction of sp³-hybridized carbons (Fsp3) is 0.550. The Morgan fingerprint density at radius 3 is 2.67 bits per heavy atom. The molecule has 0 saturated carbocycles. The number of hydrogen-bond donors (Lipinski definition) is 0. The lowest BCUT2D eigenvalue weighted by molar-refractivity contribution is 0.0688. The number of benzene rings is 1. The van der Waals surface area contributed by atoms with E-state index in [0.717, 1.165) is 38.0 Å². The second-order valence-electron chi connectivity index (χ2n) is 7.67. The highest BCUT2D eigenvalue weighted by Crippen LogP contribution is 2.32. The van der Waals surface area contributed by atoms with E-state index in [4.69, 9.17) is 9.47 Å². The average molecular weight is 370 g/mol. The second kappa shape index (κ2) is 7.58. The van der Waals surface area contributed by atoms with E-state index in [-0.39, 0.29) is 5.91 Å². The molecule has 2 aliphatic rings. The SMILES string of the molecule is CC(C)Cc1cn(C2CCN(C(=O)c3ccc4c(c3)OCCO4)CC2)nn1. The molecule has 2 aliphatic heterocycles. The van der Waals surface area contributed by atoms with Crippen LogP contribution in [-0.2, 0) is 6.42 Å². The molecule has 27 heavy (non-hydrogen) atoms. The lowest BCUT2D eigenvalue weighted by atomic mass is 10.0. The van der Waals surface area contributed by atoms with Crippen LogP contribution in [0.5, 0.6) is 11.5 Å². The molecule has 0 N–H and O–H groups in total. The maximum absolute atomic E-state index is 12.8. The summed E-state index contributed by atoms with van der Waals surface area (Å²) in [6, 6.07) is 5.73. The first-order valence-electron chi connectivity index (χ1n) is 9.70. The van der Waals surface area contributed by atoms with Gasteiger partial charge in [0.15, 0.2) is 11.5 Å². The van der Waals surface area contributed by atoms with Gasteiger partial charge in [-0.25, -0.2) is 4.68 Å². The Labute approximate surface area is 159 Å². The molecular weight excluding hydrogens is 344 g/mol. The number of aromatic nitrogens is 3. The van der Waals surface area contributed by atoms with Crippen molar-refractivity contribution in [2.45, 2.75) is 39.2 Å². The summed E-state index contributed by atoms with van der Waals surface area (Å²) in [5.74, 6) is 1.98. The zero-order valence-corrected chi connectivity index (χ0v) is 15.9. The Bertz CT molecular complexity index is 809. The van der Waals surface area contributed by atoms with Crippen molar-refractivity contribution in [3.8, 4) is 11.5 Å². The Hall–Kier alpha value is -2.57. The van der Waals surface area contributed by atoms with Crippen molar-refractivity contribution in [3.63, 3.8) is 0 Å². The minimum atomic E-state index is 0.0458. The maximum atomic E-state index is 12.8. The number of ether oxygens (including phenoxy) is 2. The topological polar surface area (TPSA) is 69.5 Å². The maximum Gasteiger partial charge on any atom is 0.253 e. The van der Waals surface area contributed by atoms with Crippen LogP contribution >= 0.6 is 0 Å². The molecule has 4 rings (SSSR count). The van der Waals surface area contributed by atoms with Gasteiger partial charge in [-0.2, -0.15) is 0 Å². The third-order valence-corrected chi connectivity index (χ3v) is 5.09. The molecule has 7 heteroatoms. The highest BCUT2D eigenvalue weighted by Gasteiger charge is 2.26. The summed E-state index contributed by atoms with van der Waals surface area (Å²) in [4.78, 5) is 14.8. The molecule has 0 aliphatic carbocycles. The minimum Gasteiger partial charge on any atom is -0.486 e. The van der Waals surface area contributed by atoms with Gasteiger partial charge in [0.25, 0.3) is 5.91 Å². The van der Waals surface area contributed by atoms with Crippen molar-refractivity contribution in [1.29, 1.82) is 0 Å². The van der Waals surface area contributed by atoms with E-state index in [1.165, 1.54) is 0 Å². The van der Waals surface area contributed by atoms with Crippen LogP contribution in [0.15, 0.2) is 24.4 Å². The van der Waals surface area contributed by atoms with Crippen LogP contribution in [0.25, 0.3) is 0 Å². The van der Waals surface area contributed by atoms with Gasteiger partial charge >= 0.3 is 0 Å². The number of carbonyl (C=O) groups excluding carboxylic acids is 1. The predicted molar refractivity (Wildman–Crippen MR) is 100 cm³/mol. The Balaban J connectivity index is 1.37. The monoisotopic (exact) mass is 370 g/mol. The van der Waals surface area contributed by atoms with Crippen LogP contribution in [0, 0.1) is 5.92 Å². The van der Waals surface area contributed by atoms with Gasteiger partial charge in [0.05, 0.1) is 11.7 Å². The molecule has 2 aromatic rings. The van der Waals surface area contributed by atoms with Crippen molar-refractivity contribution >= 4 is 5.91 Å². The lowest BCUT2D eigenvalue weighted by Crippen LogP contribution is -2.39. The minimum absolute atomic E-state index is 0.0458. The summed E-state index contributed by atoms with van der Waals surface area (Å²) in [6.45, 7) is 6.87. The van der Waals surface area contributed by atoms with E-state index in [2.05, 4.69) is 30.4 Å². The molecule has 1 aromatic carbocycles. The Morgan fingerprint density at radius 2 is 1.93 bits per heavy atom. The van der Waals surface area contributed by atoms with Crippen molar-refractivity contribution in [2.75, 3.05) is 26.3 Å². The lowest BCUT2D eigenvalue weighted by Gasteiger charge is -2.32. The zero-order valence-electron chi connectivity index (χ0n) is 15.9. The number of piperidine rings is 1. The molecule has 0 unspecified atom stereocenters. The van der Waals surface area contributed by atoms with Crippen molar-refractivity contribution < 1.29 is 14.3 Å². The molecular formula is C20H26N4O3. The summed E-state index contributed by atoms with van der Waals surface area (Å²) in [6.07, 6.45) is 4.78. The Kier molecular flexibility index (Phi) is 5.01. The molecule has 7 nitrogen and oxygen atoms in total. The quantitative estimate of drug-likeness (QED) is 0.828. The summed E-state index contributed by atoms with van der Waals surface area (Å²) >= 11 is 0. The van der Waals surface area contributed by atoms with Crippen LogP contribution in [0.1, 0.15) is 48.8 Å². The summed E-state index contributed by atoms with van der Waals surface area (Å²) in [5, 5.41) is 8.58. The molecule has 1 saturated heterocycles. The Morgan fingerprint density at radius 1 is 1.19 bits per heavy atom. The third kappa shape index (κ3) is 3.91. The standard InChI is InChI=1S/C20H26N4O3/c1-14(2)11-16-13-24(22-21-16)17-5-7-23(8-6-17)20(25)15-3-4-18-19(12-15)27-10-9-26-18/h3-4,12-14,17H,5-11H2,1-2H3. The number of amides is 1. The number of fused-ring (bicyclic) bond motifs is 1. The highest BCUT2D eigenvalue weighted by atomic mass is 16.6. The van der Waals surface area contributed by atoms with Gasteiger partial charge in [0.2, 0.25) is 0 Å². The fourth-order valence-corrected chi connectivity index (χ4v) is 3.70. The van der Waals surface area contributed by atoms with Crippen molar-refractivity contribution in [3.05, 3.63) is 35.7 Å². The van der Waals surface area contributed by atoms with Gasteiger partial charge in [0.1, 0.15) is 13.2 Å². The van der Waals surface area contributed by atoms with Gasteiger partial charge in [-0.3, -0.25) is 4.79 Å². The van der Waals surface area contributed by atoms with Gasteiger partial charge in [-0.05, 0) is 43.4 Å². The smallest absolute Gasteiger partial charge is 0.253 e. The van der Waals surface area contributed by atoms with E-state index < -0.39 is 0 Å². The number of carbonyl (C=O) groups is 1. The second-order valence-corrected chi connectivity index (χ2v) is 7.67. The molecule has 1 fully saturated rings. The van der Waals surface area contributed by atoms with Gasteiger partial charge < -0.3 is 14.4 Å². The normalized spacial score (nSPS) is 17.4. The average Bonchev–Trinajstić information content (AvgIpc) is 3.15. The van der Waals surface area contributed by atoms with Gasteiger partial charge in [-0.15, -0.1) is 5.10 Å². The van der Waals surface area contributed by atoms with Crippen LogP contribution in [0.2, 0.25) is 0 Å². The molecule has 0 atom stereocenters. The predicted octanol–water partition coefficient (Wildman–Crippen LogP) is 2.73. The van der Waals surface area contributed by atoms with E-state index in [0.29, 0.717) is 42.2 Å². The summed E-state index contributed by atoms with van der Waals surface area (Å²) < 4.78 is 13.1. The zero-order chi connectivity index (χ0) is 18.8. The van der Waals surface area contributed by atoms with E-state index >= 15 is 0 Å². The summed E-state index contributed by atoms with van der Waals surface area (Å²) in [7, 11) is 0. The third-order valence-electron chi connectivity index (χ3n) is 5.09. The van der Waals surface area contributed by atoms with Crippen molar-refractivity contribution in [2.24, 2.45) is 5.92 Å². The summed E-state index contributed by atoms with van der Waals surface area (Å²) in [5.41, 5.74) is 1.69. The number of likely N-dealkylation sites (tertiary alicyclic amines) is 1. The number of nitrogens with zero attached hydrogens (tertiary/aromatic N) is 4. The van der Waals surface area contributed by atoms with Crippen molar-refractivity contribution in [1.82, 2.24) is 19.9 Å². The fourth-order valence-electron chi connectivity index (χ4n) is 3.70. The number of hydrogen-bond acceptors (Lipinski definition) is 5. The van der Waals surface area contributed by atoms with Crippen LogP contribution in [0.4, 0.5) is 0 Å². The van der Waals surface area contributed by atoms with Gasteiger partial charge in [0, 0.05) is 24.8 Å². The molecule has 1 amide bonds. The molecule has 1 aromatic heterocycles. The molecule has 0 spiro atoms. The number of rotatable bonds is 4. The molecule has 3 heterocycles. The van der Waals surface area contributed by atoms with E-state index in [9.17, 15) is 4.79 Å². The molecule has 144 valence electrons. The van der Waals surface area contributed by atoms with E-state index in [1.807, 2.05) is 21.7 Å². The van der Waals surface area contributed by atoms with Gasteiger partial charge in [-0.1, -0.05) is 19.1 Å². The largest absolute Gasteiger partial charge is 0.486 e. The van der Waals surface area contributed by atoms with Crippen LogP contribution in [-0.4, -0.2) is 52.1 Å². The molecule has 0 radical (unpaired) electrons.